The van der Waals surface area contributed by atoms with Crippen LogP contribution in [0.4, 0.5) is 10.5 Å². The SMILES string of the molecule is COc1cccc(NC(=O)N(C)C[C@@H]2OCc3ccccc3-c3ccccc3C(=O)N([C@H](C)CO)C[C@H]2C)c1. The van der Waals surface area contributed by atoms with Crippen LogP contribution in [0.1, 0.15) is 29.8 Å². The number of anilines is 1. The van der Waals surface area contributed by atoms with Gasteiger partial charge in [0.2, 0.25) is 0 Å². The summed E-state index contributed by atoms with van der Waals surface area (Å²) >= 11 is 0. The van der Waals surface area contributed by atoms with Crippen LogP contribution >= 0.6 is 0 Å². The van der Waals surface area contributed by atoms with Crippen LogP contribution < -0.4 is 10.1 Å². The first-order chi connectivity index (χ1) is 18.8. The first kappa shape index (κ1) is 28.1. The second-order valence-electron chi connectivity index (χ2n) is 10.1. The number of carbonyl (C=O) groups is 2. The number of fused-ring (bicyclic) bond motifs is 3. The van der Waals surface area contributed by atoms with E-state index in [1.807, 2.05) is 74.5 Å². The van der Waals surface area contributed by atoms with Gasteiger partial charge < -0.3 is 29.7 Å². The molecular weight excluding hydrogens is 494 g/mol. The number of amides is 3. The topological polar surface area (TPSA) is 91.3 Å². The highest BCUT2D eigenvalue weighted by molar-refractivity contribution is 6.01. The molecule has 0 fully saturated rings. The maximum Gasteiger partial charge on any atom is 0.321 e. The molecule has 0 saturated heterocycles. The van der Waals surface area contributed by atoms with Gasteiger partial charge in [-0.25, -0.2) is 4.79 Å². The molecule has 0 aromatic heterocycles. The Morgan fingerprint density at radius 3 is 2.51 bits per heavy atom. The Bertz CT molecular complexity index is 1300. The molecule has 3 aromatic rings. The van der Waals surface area contributed by atoms with E-state index in [2.05, 4.69) is 5.32 Å². The second kappa shape index (κ2) is 12.8. The van der Waals surface area contributed by atoms with Crippen molar-refractivity contribution in [2.24, 2.45) is 5.92 Å². The van der Waals surface area contributed by atoms with Gasteiger partial charge in [-0.05, 0) is 41.8 Å². The number of carbonyl (C=O) groups excluding carboxylic acids is 2. The van der Waals surface area contributed by atoms with Crippen LogP contribution in [0.5, 0.6) is 5.75 Å². The van der Waals surface area contributed by atoms with Crippen molar-refractivity contribution in [2.75, 3.05) is 39.2 Å². The number of hydrogen-bond donors (Lipinski definition) is 2. The Labute approximate surface area is 230 Å². The average Bonchev–Trinajstić information content (AvgIpc) is 2.98. The van der Waals surface area contributed by atoms with E-state index in [4.69, 9.17) is 9.47 Å². The molecule has 3 amide bonds. The van der Waals surface area contributed by atoms with Crippen molar-refractivity contribution in [3.63, 3.8) is 0 Å². The van der Waals surface area contributed by atoms with Gasteiger partial charge in [0.25, 0.3) is 5.91 Å². The predicted molar refractivity (Wildman–Crippen MR) is 152 cm³/mol. The summed E-state index contributed by atoms with van der Waals surface area (Å²) in [5, 5.41) is 12.9. The van der Waals surface area contributed by atoms with Gasteiger partial charge in [-0.2, -0.15) is 0 Å². The third kappa shape index (κ3) is 6.58. The first-order valence-electron chi connectivity index (χ1n) is 13.2. The molecule has 3 aromatic carbocycles. The summed E-state index contributed by atoms with van der Waals surface area (Å²) in [6, 6.07) is 22.0. The van der Waals surface area contributed by atoms with E-state index in [1.165, 1.54) is 0 Å². The lowest BCUT2D eigenvalue weighted by Gasteiger charge is -2.35. The van der Waals surface area contributed by atoms with Crippen LogP contribution in [0, 0.1) is 5.92 Å². The fourth-order valence-electron chi connectivity index (χ4n) is 4.82. The largest absolute Gasteiger partial charge is 0.497 e. The average molecular weight is 532 g/mol. The standard InChI is InChI=1S/C31H37N3O5/c1-21-17-34(22(2)19-35)30(36)28-15-8-7-14-27(28)26-13-6-5-10-23(26)20-39-29(21)18-33(3)31(37)32-24-11-9-12-25(16-24)38-4/h5-16,21-22,29,35H,17-20H2,1-4H3,(H,32,37)/t21-,22-,29+/m1/s1. The summed E-state index contributed by atoms with van der Waals surface area (Å²) in [7, 11) is 3.30. The number of methoxy groups -OCH3 is 1. The maximum atomic E-state index is 13.9. The number of urea groups is 1. The Kier molecular flexibility index (Phi) is 9.22. The molecule has 1 heterocycles. The molecule has 4 rings (SSSR count). The monoisotopic (exact) mass is 531 g/mol. The Balaban J connectivity index is 1.63. The van der Waals surface area contributed by atoms with Crippen LogP contribution in [-0.4, -0.2) is 72.8 Å². The van der Waals surface area contributed by atoms with Crippen molar-refractivity contribution in [1.29, 1.82) is 0 Å². The van der Waals surface area contributed by atoms with Gasteiger partial charge in [-0.15, -0.1) is 0 Å². The summed E-state index contributed by atoms with van der Waals surface area (Å²) < 4.78 is 11.7. The highest BCUT2D eigenvalue weighted by Gasteiger charge is 2.31. The minimum Gasteiger partial charge on any atom is -0.497 e. The number of likely N-dealkylation sites (N-methyl/N-ethyl adjacent to an activating group) is 1. The van der Waals surface area contributed by atoms with Crippen LogP contribution in [-0.2, 0) is 11.3 Å². The molecule has 8 heteroatoms. The van der Waals surface area contributed by atoms with E-state index >= 15 is 0 Å². The molecule has 1 aliphatic heterocycles. The molecule has 3 atom stereocenters. The van der Waals surface area contributed by atoms with Gasteiger partial charge >= 0.3 is 6.03 Å². The number of ether oxygens (including phenoxy) is 2. The number of benzene rings is 3. The Morgan fingerprint density at radius 2 is 1.79 bits per heavy atom. The van der Waals surface area contributed by atoms with Gasteiger partial charge in [0.05, 0.1) is 32.5 Å². The van der Waals surface area contributed by atoms with E-state index in [0.717, 1.165) is 16.7 Å². The van der Waals surface area contributed by atoms with Crippen LogP contribution in [0.2, 0.25) is 0 Å². The number of nitrogens with zero attached hydrogens (tertiary/aromatic N) is 2. The highest BCUT2D eigenvalue weighted by atomic mass is 16.5. The Morgan fingerprint density at radius 1 is 1.10 bits per heavy atom. The zero-order chi connectivity index (χ0) is 27.9. The highest BCUT2D eigenvalue weighted by Crippen LogP contribution is 2.31. The third-order valence-corrected chi connectivity index (χ3v) is 7.22. The molecule has 8 nitrogen and oxygen atoms in total. The minimum atomic E-state index is -0.390. The molecule has 0 radical (unpaired) electrons. The van der Waals surface area contributed by atoms with Crippen molar-refractivity contribution >= 4 is 17.6 Å². The molecular formula is C31H37N3O5. The fourth-order valence-corrected chi connectivity index (χ4v) is 4.82. The summed E-state index contributed by atoms with van der Waals surface area (Å²) in [6.07, 6.45) is -0.374. The van der Waals surface area contributed by atoms with Gasteiger partial charge in [-0.1, -0.05) is 55.5 Å². The van der Waals surface area contributed by atoms with Gasteiger partial charge in [0, 0.05) is 43.4 Å². The zero-order valence-electron chi connectivity index (χ0n) is 23.0. The van der Waals surface area contributed by atoms with Gasteiger partial charge in [0.15, 0.2) is 0 Å². The van der Waals surface area contributed by atoms with Crippen LogP contribution in [0.3, 0.4) is 0 Å². The molecule has 0 aliphatic carbocycles. The fraction of sp³-hybridized carbons (Fsp3) is 0.355. The number of rotatable bonds is 6. The zero-order valence-corrected chi connectivity index (χ0v) is 23.0. The van der Waals surface area contributed by atoms with Gasteiger partial charge in [0.1, 0.15) is 5.75 Å². The quantitative estimate of drug-likeness (QED) is 0.473. The van der Waals surface area contributed by atoms with Crippen molar-refractivity contribution in [3.8, 4) is 16.9 Å². The molecule has 0 spiro atoms. The summed E-state index contributed by atoms with van der Waals surface area (Å²) in [5.74, 6) is 0.379. The van der Waals surface area contributed by atoms with Crippen LogP contribution in [0.15, 0.2) is 72.8 Å². The van der Waals surface area contributed by atoms with Crippen molar-refractivity contribution in [2.45, 2.75) is 32.6 Å². The number of nitrogens with one attached hydrogen (secondary N) is 1. The maximum absolute atomic E-state index is 13.9. The van der Waals surface area contributed by atoms with Crippen molar-refractivity contribution < 1.29 is 24.2 Å². The summed E-state index contributed by atoms with van der Waals surface area (Å²) in [6.45, 7) is 4.69. The van der Waals surface area contributed by atoms with Crippen LogP contribution in [0.25, 0.3) is 11.1 Å². The van der Waals surface area contributed by atoms with Crippen molar-refractivity contribution in [1.82, 2.24) is 9.80 Å². The van der Waals surface area contributed by atoms with Crippen molar-refractivity contribution in [3.05, 3.63) is 83.9 Å². The lowest BCUT2D eigenvalue weighted by molar-refractivity contribution is -0.0178. The van der Waals surface area contributed by atoms with E-state index in [0.29, 0.717) is 36.7 Å². The second-order valence-corrected chi connectivity index (χ2v) is 10.1. The smallest absolute Gasteiger partial charge is 0.321 e. The first-order valence-corrected chi connectivity index (χ1v) is 13.2. The predicted octanol–water partition coefficient (Wildman–Crippen LogP) is 4.88. The molecule has 2 N–H and O–H groups in total. The van der Waals surface area contributed by atoms with E-state index in [1.54, 1.807) is 36.1 Å². The van der Waals surface area contributed by atoms with E-state index in [9.17, 15) is 14.7 Å². The molecule has 206 valence electrons. The number of hydrogen-bond acceptors (Lipinski definition) is 5. The lowest BCUT2D eigenvalue weighted by Crippen LogP contribution is -2.48. The molecule has 1 aliphatic rings. The summed E-state index contributed by atoms with van der Waals surface area (Å²) in [4.78, 5) is 30.3. The summed E-state index contributed by atoms with van der Waals surface area (Å²) in [5.41, 5.74) is 3.93. The molecule has 0 unspecified atom stereocenters. The van der Waals surface area contributed by atoms with Gasteiger partial charge in [-0.3, -0.25) is 4.79 Å². The minimum absolute atomic E-state index is 0.132. The number of aliphatic hydroxyl groups excluding tert-OH is 1. The number of aliphatic hydroxyl groups is 1. The molecule has 39 heavy (non-hydrogen) atoms. The lowest BCUT2D eigenvalue weighted by atomic mass is 9.94. The van der Waals surface area contributed by atoms with E-state index in [-0.39, 0.29) is 30.6 Å². The molecule has 0 bridgehead atoms. The molecule has 0 saturated carbocycles. The normalized spacial score (nSPS) is 18.3. The van der Waals surface area contributed by atoms with E-state index < -0.39 is 6.04 Å². The Hall–Kier alpha value is -3.88. The third-order valence-electron chi connectivity index (χ3n) is 7.22.